The van der Waals surface area contributed by atoms with Crippen LogP contribution in [0.4, 0.5) is 0 Å². The van der Waals surface area contributed by atoms with Gasteiger partial charge >= 0.3 is 0 Å². The highest BCUT2D eigenvalue weighted by Crippen LogP contribution is 2.28. The Morgan fingerprint density at radius 2 is 1.91 bits per heavy atom. The first-order valence-electron chi connectivity index (χ1n) is 7.85. The molecule has 23 heavy (non-hydrogen) atoms. The van der Waals surface area contributed by atoms with Crippen LogP contribution in [0.1, 0.15) is 31.4 Å². The minimum Gasteiger partial charge on any atom is -0.282 e. The third kappa shape index (κ3) is 4.45. The summed E-state index contributed by atoms with van der Waals surface area (Å²) in [5.74, 6) is 0.204. The molecule has 1 aliphatic rings. The summed E-state index contributed by atoms with van der Waals surface area (Å²) in [6, 6.07) is 9.16. The lowest BCUT2D eigenvalue weighted by Crippen LogP contribution is -2.50. The van der Waals surface area contributed by atoms with E-state index in [4.69, 9.17) is 11.6 Å². The molecule has 0 bridgehead atoms. The van der Waals surface area contributed by atoms with E-state index in [9.17, 15) is 13.7 Å². The third-order valence-corrected chi connectivity index (χ3v) is 6.41. The van der Waals surface area contributed by atoms with Crippen LogP contribution >= 0.6 is 11.6 Å². The summed E-state index contributed by atoms with van der Waals surface area (Å²) in [4.78, 5) is 1.99. The average molecular weight is 356 g/mol. The molecule has 0 N–H and O–H groups in total. The quantitative estimate of drug-likeness (QED) is 0.786. The minimum absolute atomic E-state index is 0.204. The van der Waals surface area contributed by atoms with Crippen molar-refractivity contribution in [2.75, 3.05) is 31.9 Å². The zero-order valence-electron chi connectivity index (χ0n) is 13.3. The number of hydrogen-bond donors (Lipinski definition) is 0. The van der Waals surface area contributed by atoms with E-state index in [-0.39, 0.29) is 5.75 Å². The standard InChI is InChI=1S/C16H22ClN3O2S/c1-2-3-12-23(21,22)20-10-8-19(9-11-20)16(13-18)14-6-4-5-7-15(14)17/h4-7,16H,2-3,8-12H2,1H3. The normalized spacial score (nSPS) is 18.5. The van der Waals surface area contributed by atoms with E-state index in [1.165, 1.54) is 0 Å². The van der Waals surface area contributed by atoms with Gasteiger partial charge in [-0.15, -0.1) is 0 Å². The van der Waals surface area contributed by atoms with Crippen molar-refractivity contribution in [1.29, 1.82) is 5.26 Å². The minimum atomic E-state index is -3.18. The molecule has 0 saturated carbocycles. The van der Waals surface area contributed by atoms with E-state index < -0.39 is 16.1 Å². The summed E-state index contributed by atoms with van der Waals surface area (Å²) in [6.07, 6.45) is 1.55. The number of halogens is 1. The predicted molar refractivity (Wildman–Crippen MR) is 91.6 cm³/mol. The third-order valence-electron chi connectivity index (χ3n) is 4.11. The van der Waals surface area contributed by atoms with Crippen LogP contribution < -0.4 is 0 Å². The Morgan fingerprint density at radius 1 is 1.26 bits per heavy atom. The molecular weight excluding hydrogens is 334 g/mol. The van der Waals surface area contributed by atoms with Crippen LogP contribution in [0.15, 0.2) is 24.3 Å². The van der Waals surface area contributed by atoms with E-state index in [0.717, 1.165) is 12.0 Å². The summed E-state index contributed by atoms with van der Waals surface area (Å²) >= 11 is 6.19. The predicted octanol–water partition coefficient (Wildman–Crippen LogP) is 2.65. The lowest BCUT2D eigenvalue weighted by Gasteiger charge is -2.36. The summed E-state index contributed by atoms with van der Waals surface area (Å²) < 4.78 is 26.0. The Kier molecular flexibility index (Phi) is 6.42. The second-order valence-corrected chi connectivity index (χ2v) is 8.15. The van der Waals surface area contributed by atoms with Gasteiger partial charge in [-0.2, -0.15) is 9.57 Å². The van der Waals surface area contributed by atoms with Crippen molar-refractivity contribution in [3.05, 3.63) is 34.9 Å². The molecule has 1 aromatic carbocycles. The van der Waals surface area contributed by atoms with Gasteiger partial charge in [0.2, 0.25) is 10.0 Å². The fourth-order valence-corrected chi connectivity index (χ4v) is 4.61. The molecule has 126 valence electrons. The van der Waals surface area contributed by atoms with Crippen LogP contribution in [0.5, 0.6) is 0 Å². The van der Waals surface area contributed by atoms with E-state index in [1.54, 1.807) is 10.4 Å². The SMILES string of the molecule is CCCCS(=O)(=O)N1CCN(C(C#N)c2ccccc2Cl)CC1. The first kappa shape index (κ1) is 18.2. The van der Waals surface area contributed by atoms with Gasteiger partial charge in [0.05, 0.1) is 11.8 Å². The summed E-state index contributed by atoms with van der Waals surface area (Å²) in [7, 11) is -3.18. The molecule has 1 heterocycles. The van der Waals surface area contributed by atoms with Crippen LogP contribution in [0.2, 0.25) is 5.02 Å². The topological polar surface area (TPSA) is 64.4 Å². The second kappa shape index (κ2) is 8.11. The average Bonchev–Trinajstić information content (AvgIpc) is 2.56. The van der Waals surface area contributed by atoms with Crippen LogP contribution in [-0.4, -0.2) is 49.6 Å². The molecule has 0 aliphatic carbocycles. The number of piperazine rings is 1. The van der Waals surface area contributed by atoms with Gasteiger partial charge < -0.3 is 0 Å². The van der Waals surface area contributed by atoms with Crippen molar-refractivity contribution in [1.82, 2.24) is 9.21 Å². The van der Waals surface area contributed by atoms with E-state index >= 15 is 0 Å². The number of rotatable bonds is 6. The Labute approximate surface area is 143 Å². The fraction of sp³-hybridized carbons (Fsp3) is 0.562. The van der Waals surface area contributed by atoms with Gasteiger partial charge in [0.25, 0.3) is 0 Å². The molecule has 5 nitrogen and oxygen atoms in total. The zero-order valence-corrected chi connectivity index (χ0v) is 14.9. The maximum Gasteiger partial charge on any atom is 0.214 e. The summed E-state index contributed by atoms with van der Waals surface area (Å²) in [5, 5.41) is 10.1. The maximum atomic E-state index is 12.2. The van der Waals surface area contributed by atoms with Gasteiger partial charge in [-0.1, -0.05) is 43.1 Å². The number of sulfonamides is 1. The van der Waals surface area contributed by atoms with Crippen molar-refractivity contribution >= 4 is 21.6 Å². The molecular formula is C16H22ClN3O2S. The van der Waals surface area contributed by atoms with Crippen LogP contribution in [0.3, 0.4) is 0 Å². The van der Waals surface area contributed by atoms with Gasteiger partial charge in [-0.25, -0.2) is 8.42 Å². The molecule has 0 amide bonds. The molecule has 1 saturated heterocycles. The Hall–Kier alpha value is -1.13. The Morgan fingerprint density at radius 3 is 2.48 bits per heavy atom. The van der Waals surface area contributed by atoms with Gasteiger partial charge in [-0.3, -0.25) is 4.90 Å². The van der Waals surface area contributed by atoms with Crippen molar-refractivity contribution in [2.45, 2.75) is 25.8 Å². The highest BCUT2D eigenvalue weighted by molar-refractivity contribution is 7.89. The van der Waals surface area contributed by atoms with E-state index in [0.29, 0.717) is 37.6 Å². The van der Waals surface area contributed by atoms with Gasteiger partial charge in [0.1, 0.15) is 6.04 Å². The molecule has 0 spiro atoms. The molecule has 0 radical (unpaired) electrons. The molecule has 1 unspecified atom stereocenters. The zero-order chi connectivity index (χ0) is 16.9. The van der Waals surface area contributed by atoms with Gasteiger partial charge in [0.15, 0.2) is 0 Å². The first-order chi connectivity index (χ1) is 11.0. The lowest BCUT2D eigenvalue weighted by atomic mass is 10.1. The van der Waals surface area contributed by atoms with Crippen molar-refractivity contribution in [3.63, 3.8) is 0 Å². The van der Waals surface area contributed by atoms with Gasteiger partial charge in [0, 0.05) is 36.8 Å². The highest BCUT2D eigenvalue weighted by atomic mass is 35.5. The van der Waals surface area contributed by atoms with Crippen molar-refractivity contribution in [2.24, 2.45) is 0 Å². The first-order valence-corrected chi connectivity index (χ1v) is 9.84. The molecule has 1 atom stereocenters. The molecule has 1 aliphatic heterocycles. The molecule has 7 heteroatoms. The molecule has 2 rings (SSSR count). The van der Waals surface area contributed by atoms with Gasteiger partial charge in [-0.05, 0) is 12.5 Å². The largest absolute Gasteiger partial charge is 0.282 e. The molecule has 1 aromatic rings. The molecule has 0 aromatic heterocycles. The van der Waals surface area contributed by atoms with E-state index in [2.05, 4.69) is 6.07 Å². The monoisotopic (exact) mass is 355 g/mol. The maximum absolute atomic E-state index is 12.2. The van der Waals surface area contributed by atoms with E-state index in [1.807, 2.05) is 30.0 Å². The number of hydrogen-bond acceptors (Lipinski definition) is 4. The summed E-state index contributed by atoms with van der Waals surface area (Å²) in [5.41, 5.74) is 0.777. The number of nitrogens with zero attached hydrogens (tertiary/aromatic N) is 3. The van der Waals surface area contributed by atoms with Crippen molar-refractivity contribution in [3.8, 4) is 6.07 Å². The smallest absolute Gasteiger partial charge is 0.214 e. The Bertz CT molecular complexity index is 664. The fourth-order valence-electron chi connectivity index (χ4n) is 2.74. The number of unbranched alkanes of at least 4 members (excludes halogenated alkanes) is 1. The van der Waals surface area contributed by atoms with Crippen LogP contribution in [0.25, 0.3) is 0 Å². The lowest BCUT2D eigenvalue weighted by molar-refractivity contribution is 0.162. The molecule has 1 fully saturated rings. The Balaban J connectivity index is 2.04. The summed E-state index contributed by atoms with van der Waals surface area (Å²) in [6.45, 7) is 3.90. The number of benzene rings is 1. The highest BCUT2D eigenvalue weighted by Gasteiger charge is 2.30. The number of nitriles is 1. The van der Waals surface area contributed by atoms with Crippen molar-refractivity contribution < 1.29 is 8.42 Å². The van der Waals surface area contributed by atoms with Crippen LogP contribution in [0, 0.1) is 11.3 Å². The second-order valence-electron chi connectivity index (χ2n) is 5.66. The van der Waals surface area contributed by atoms with Crippen LogP contribution in [-0.2, 0) is 10.0 Å².